The summed E-state index contributed by atoms with van der Waals surface area (Å²) >= 11 is 0. The second-order valence-corrected chi connectivity index (χ2v) is 7.39. The van der Waals surface area contributed by atoms with Crippen LogP contribution in [0.25, 0.3) is 17.1 Å². The molecule has 1 fully saturated rings. The monoisotopic (exact) mass is 363 g/mol. The number of benzene rings is 1. The zero-order valence-corrected chi connectivity index (χ0v) is 15.7. The summed E-state index contributed by atoms with van der Waals surface area (Å²) in [5, 5.41) is 10.2. The van der Waals surface area contributed by atoms with Crippen LogP contribution < -0.4 is 5.32 Å². The first-order chi connectivity index (χ1) is 13.1. The number of H-pyrrole nitrogens is 2. The molecule has 2 aromatic heterocycles. The van der Waals surface area contributed by atoms with Gasteiger partial charge in [-0.15, -0.1) is 0 Å². The Balaban J connectivity index is 1.40. The molecule has 1 aliphatic rings. The minimum absolute atomic E-state index is 0.0507. The van der Waals surface area contributed by atoms with Gasteiger partial charge in [0.1, 0.15) is 5.82 Å². The van der Waals surface area contributed by atoms with Crippen LogP contribution >= 0.6 is 0 Å². The fraction of sp³-hybridized carbons (Fsp3) is 0.381. The van der Waals surface area contributed by atoms with E-state index >= 15 is 0 Å². The van der Waals surface area contributed by atoms with Crippen LogP contribution in [0, 0.1) is 13.8 Å². The van der Waals surface area contributed by atoms with E-state index in [0.717, 1.165) is 59.5 Å². The Bertz CT molecular complexity index is 931. The van der Waals surface area contributed by atoms with Crippen LogP contribution in [0.1, 0.15) is 54.4 Å². The molecule has 2 atom stereocenters. The first-order valence-electron chi connectivity index (χ1n) is 9.55. The summed E-state index contributed by atoms with van der Waals surface area (Å²) in [7, 11) is 0. The van der Waals surface area contributed by atoms with Crippen molar-refractivity contribution in [2.45, 2.75) is 51.5 Å². The predicted molar refractivity (Wildman–Crippen MR) is 106 cm³/mol. The zero-order chi connectivity index (χ0) is 18.8. The molecular formula is C21H25N5O. The SMILES string of the molecule is Cc1n[nH]c(C)c1C=CC(=O)NC1CCCC(c2nc3ccccc3[nH]2)C1. The van der Waals surface area contributed by atoms with E-state index in [9.17, 15) is 4.79 Å². The molecule has 27 heavy (non-hydrogen) atoms. The second-order valence-electron chi connectivity index (χ2n) is 7.39. The molecule has 0 bridgehead atoms. The van der Waals surface area contributed by atoms with Gasteiger partial charge in [0.2, 0.25) is 5.91 Å². The summed E-state index contributed by atoms with van der Waals surface area (Å²) < 4.78 is 0. The Labute approximate surface area is 158 Å². The lowest BCUT2D eigenvalue weighted by atomic mass is 9.85. The minimum atomic E-state index is -0.0507. The zero-order valence-electron chi connectivity index (χ0n) is 15.7. The third-order valence-electron chi connectivity index (χ3n) is 5.40. The molecule has 2 unspecified atom stereocenters. The average molecular weight is 363 g/mol. The highest BCUT2D eigenvalue weighted by atomic mass is 16.1. The van der Waals surface area contributed by atoms with Crippen LogP contribution in [0.4, 0.5) is 0 Å². The number of imidazole rings is 1. The van der Waals surface area contributed by atoms with E-state index in [-0.39, 0.29) is 11.9 Å². The van der Waals surface area contributed by atoms with Gasteiger partial charge in [0.25, 0.3) is 0 Å². The Kier molecular flexibility index (Phi) is 4.79. The largest absolute Gasteiger partial charge is 0.350 e. The molecule has 1 aromatic carbocycles. The number of rotatable bonds is 4. The summed E-state index contributed by atoms with van der Waals surface area (Å²) in [5.74, 6) is 1.35. The normalized spacial score (nSPS) is 20.4. The number of aromatic nitrogens is 4. The molecule has 1 amide bonds. The van der Waals surface area contributed by atoms with E-state index in [1.54, 1.807) is 6.08 Å². The van der Waals surface area contributed by atoms with Gasteiger partial charge in [-0.1, -0.05) is 18.6 Å². The molecule has 1 saturated carbocycles. The van der Waals surface area contributed by atoms with Crippen molar-refractivity contribution in [3.8, 4) is 0 Å². The van der Waals surface area contributed by atoms with Crippen molar-refractivity contribution in [2.24, 2.45) is 0 Å². The number of fused-ring (bicyclic) bond motifs is 1. The molecule has 2 heterocycles. The maximum absolute atomic E-state index is 12.4. The quantitative estimate of drug-likeness (QED) is 0.617. The molecule has 4 rings (SSSR count). The Morgan fingerprint density at radius 2 is 2.11 bits per heavy atom. The maximum atomic E-state index is 12.4. The van der Waals surface area contributed by atoms with Gasteiger partial charge in [0.05, 0.1) is 16.7 Å². The van der Waals surface area contributed by atoms with E-state index < -0.39 is 0 Å². The van der Waals surface area contributed by atoms with Gasteiger partial charge in [0.15, 0.2) is 0 Å². The molecule has 0 spiro atoms. The van der Waals surface area contributed by atoms with E-state index in [4.69, 9.17) is 4.98 Å². The van der Waals surface area contributed by atoms with Gasteiger partial charge in [-0.05, 0) is 51.3 Å². The van der Waals surface area contributed by atoms with Crippen molar-refractivity contribution in [3.63, 3.8) is 0 Å². The first kappa shape index (κ1) is 17.5. The van der Waals surface area contributed by atoms with Crippen LogP contribution in [0.5, 0.6) is 0 Å². The fourth-order valence-corrected chi connectivity index (χ4v) is 3.95. The lowest BCUT2D eigenvalue weighted by Crippen LogP contribution is -2.37. The molecule has 0 saturated heterocycles. The van der Waals surface area contributed by atoms with Crippen LogP contribution in [0.3, 0.4) is 0 Å². The number of amides is 1. The number of aryl methyl sites for hydroxylation is 2. The summed E-state index contributed by atoms with van der Waals surface area (Å²) in [6.45, 7) is 3.89. The van der Waals surface area contributed by atoms with Gasteiger partial charge < -0.3 is 10.3 Å². The van der Waals surface area contributed by atoms with Gasteiger partial charge >= 0.3 is 0 Å². The number of carbonyl (C=O) groups is 1. The topological polar surface area (TPSA) is 86.5 Å². The molecular weight excluding hydrogens is 338 g/mol. The van der Waals surface area contributed by atoms with Crippen molar-refractivity contribution in [1.29, 1.82) is 0 Å². The van der Waals surface area contributed by atoms with Gasteiger partial charge in [-0.3, -0.25) is 9.89 Å². The number of hydrogen-bond acceptors (Lipinski definition) is 3. The fourth-order valence-electron chi connectivity index (χ4n) is 3.95. The number of carbonyl (C=O) groups excluding carboxylic acids is 1. The molecule has 1 aliphatic carbocycles. The van der Waals surface area contributed by atoms with E-state index in [1.807, 2.05) is 38.1 Å². The third kappa shape index (κ3) is 3.79. The lowest BCUT2D eigenvalue weighted by molar-refractivity contribution is -0.117. The first-order valence-corrected chi connectivity index (χ1v) is 9.55. The van der Waals surface area contributed by atoms with Crippen molar-refractivity contribution in [1.82, 2.24) is 25.5 Å². The molecule has 6 heteroatoms. The summed E-state index contributed by atoms with van der Waals surface area (Å²) in [4.78, 5) is 20.6. The highest BCUT2D eigenvalue weighted by molar-refractivity contribution is 5.92. The Hall–Kier alpha value is -2.89. The number of para-hydroxylation sites is 2. The summed E-state index contributed by atoms with van der Waals surface area (Å²) in [6.07, 6.45) is 7.58. The molecule has 3 N–H and O–H groups in total. The number of nitrogens with one attached hydrogen (secondary N) is 3. The van der Waals surface area contributed by atoms with Crippen LogP contribution in [0.15, 0.2) is 30.3 Å². The number of hydrogen-bond donors (Lipinski definition) is 3. The van der Waals surface area contributed by atoms with E-state index in [0.29, 0.717) is 5.92 Å². The standard InChI is InChI=1S/C21H25N5O/c1-13-17(14(2)26-25-13)10-11-20(27)22-16-7-5-6-15(12-16)21-23-18-8-3-4-9-19(18)24-21/h3-4,8-11,15-16H,5-7,12H2,1-2H3,(H,22,27)(H,23,24)(H,25,26). The Morgan fingerprint density at radius 3 is 2.89 bits per heavy atom. The van der Waals surface area contributed by atoms with Crippen LogP contribution in [0.2, 0.25) is 0 Å². The number of aromatic amines is 2. The van der Waals surface area contributed by atoms with Crippen molar-refractivity contribution in [2.75, 3.05) is 0 Å². The van der Waals surface area contributed by atoms with Gasteiger partial charge in [-0.2, -0.15) is 5.10 Å². The minimum Gasteiger partial charge on any atom is -0.350 e. The van der Waals surface area contributed by atoms with Gasteiger partial charge in [-0.25, -0.2) is 4.98 Å². The Morgan fingerprint density at radius 1 is 1.26 bits per heavy atom. The average Bonchev–Trinajstić information content (AvgIpc) is 3.24. The smallest absolute Gasteiger partial charge is 0.244 e. The molecule has 0 radical (unpaired) electrons. The van der Waals surface area contributed by atoms with Crippen LogP contribution in [-0.4, -0.2) is 32.1 Å². The van der Waals surface area contributed by atoms with E-state index in [2.05, 4.69) is 26.6 Å². The van der Waals surface area contributed by atoms with Gasteiger partial charge in [0, 0.05) is 29.3 Å². The molecule has 140 valence electrons. The third-order valence-corrected chi connectivity index (χ3v) is 5.40. The number of nitrogens with zero attached hydrogens (tertiary/aromatic N) is 2. The summed E-state index contributed by atoms with van der Waals surface area (Å²) in [6, 6.07) is 8.29. The van der Waals surface area contributed by atoms with Crippen molar-refractivity contribution in [3.05, 3.63) is 53.1 Å². The molecule has 3 aromatic rings. The summed E-state index contributed by atoms with van der Waals surface area (Å²) in [5.41, 5.74) is 4.94. The maximum Gasteiger partial charge on any atom is 0.244 e. The van der Waals surface area contributed by atoms with Crippen LogP contribution in [-0.2, 0) is 4.79 Å². The second kappa shape index (κ2) is 7.39. The molecule has 6 nitrogen and oxygen atoms in total. The predicted octanol–water partition coefficient (Wildman–Crippen LogP) is 3.76. The lowest BCUT2D eigenvalue weighted by Gasteiger charge is -2.28. The van der Waals surface area contributed by atoms with Crippen molar-refractivity contribution >= 4 is 23.0 Å². The molecule has 0 aliphatic heterocycles. The van der Waals surface area contributed by atoms with Crippen molar-refractivity contribution < 1.29 is 4.79 Å². The highest BCUT2D eigenvalue weighted by Crippen LogP contribution is 2.32. The van der Waals surface area contributed by atoms with E-state index in [1.165, 1.54) is 0 Å². The highest BCUT2D eigenvalue weighted by Gasteiger charge is 2.26.